The highest BCUT2D eigenvalue weighted by Gasteiger charge is 2.14. The molecule has 0 amide bonds. The molecular weight excluding hydrogens is 204 g/mol. The van der Waals surface area contributed by atoms with Crippen LogP contribution in [0.15, 0.2) is 14.8 Å². The van der Waals surface area contributed by atoms with Crippen LogP contribution in [-0.2, 0) is 11.4 Å². The molecule has 0 aliphatic carbocycles. The van der Waals surface area contributed by atoms with E-state index in [1.165, 1.54) is 23.1 Å². The molecule has 0 radical (unpaired) electrons. The molecule has 13 heavy (non-hydrogen) atoms. The van der Waals surface area contributed by atoms with Gasteiger partial charge in [-0.05, 0) is 13.0 Å². The molecule has 1 aromatic carbocycles. The zero-order chi connectivity index (χ0) is 8.84. The Bertz CT molecular complexity index is 565. The van der Waals surface area contributed by atoms with Gasteiger partial charge in [0.1, 0.15) is 22.4 Å². The van der Waals surface area contributed by atoms with Crippen molar-refractivity contribution in [2.24, 2.45) is 8.73 Å². The molecule has 2 heterocycles. The van der Waals surface area contributed by atoms with Crippen LogP contribution in [0.5, 0.6) is 0 Å². The maximum absolute atomic E-state index is 4.22. The van der Waals surface area contributed by atoms with Crippen LogP contribution < -0.4 is 0 Å². The molecule has 6 heteroatoms. The fraction of sp³-hybridized carbons (Fsp3) is 0.143. The summed E-state index contributed by atoms with van der Waals surface area (Å²) in [5, 5.41) is 0. The summed E-state index contributed by atoms with van der Waals surface area (Å²) in [7, 11) is 0. The Hall–Kier alpha value is -1.14. The van der Waals surface area contributed by atoms with Crippen LogP contribution in [0.3, 0.4) is 0 Å². The Morgan fingerprint density at radius 1 is 1.23 bits per heavy atom. The van der Waals surface area contributed by atoms with Crippen molar-refractivity contribution in [1.29, 1.82) is 0 Å². The minimum Gasteiger partial charge on any atom is -0.173 e. The van der Waals surface area contributed by atoms with E-state index in [2.05, 4.69) is 17.5 Å². The first-order valence-electron chi connectivity index (χ1n) is 3.70. The number of fused-ring (bicyclic) bond motifs is 2. The molecule has 1 aliphatic heterocycles. The lowest BCUT2D eigenvalue weighted by Gasteiger charge is -1.98. The summed E-state index contributed by atoms with van der Waals surface area (Å²) in [6.07, 6.45) is 0. The summed E-state index contributed by atoms with van der Waals surface area (Å²) in [6, 6.07) is 1.94. The van der Waals surface area contributed by atoms with Crippen molar-refractivity contribution in [3.63, 3.8) is 0 Å². The summed E-state index contributed by atoms with van der Waals surface area (Å²) in [5.74, 6) is 0. The minimum absolute atomic E-state index is 0.919. The second-order valence-electron chi connectivity index (χ2n) is 2.77. The van der Waals surface area contributed by atoms with E-state index in [9.17, 15) is 0 Å². The SMILES string of the molecule is Cc1c2c(cc3nsnc13)N=S=N2. The highest BCUT2D eigenvalue weighted by Crippen LogP contribution is 2.38. The molecule has 0 saturated heterocycles. The van der Waals surface area contributed by atoms with Crippen molar-refractivity contribution < 1.29 is 0 Å². The molecule has 1 aromatic heterocycles. The molecule has 1 aliphatic rings. The largest absolute Gasteiger partial charge is 0.173 e. The quantitative estimate of drug-likeness (QED) is 0.570. The average Bonchev–Trinajstić information content (AvgIpc) is 2.71. The fourth-order valence-electron chi connectivity index (χ4n) is 1.34. The van der Waals surface area contributed by atoms with Gasteiger partial charge >= 0.3 is 0 Å². The Kier molecular flexibility index (Phi) is 1.36. The lowest BCUT2D eigenvalue weighted by Crippen LogP contribution is -1.77. The number of benzene rings is 1. The van der Waals surface area contributed by atoms with Gasteiger partial charge in [-0.1, -0.05) is 0 Å². The van der Waals surface area contributed by atoms with E-state index in [4.69, 9.17) is 0 Å². The predicted octanol–water partition coefficient (Wildman–Crippen LogP) is 2.73. The van der Waals surface area contributed by atoms with Crippen LogP contribution in [0.2, 0.25) is 0 Å². The van der Waals surface area contributed by atoms with Crippen LogP contribution in [-0.4, -0.2) is 8.75 Å². The van der Waals surface area contributed by atoms with Crippen LogP contribution in [0, 0.1) is 6.92 Å². The summed E-state index contributed by atoms with van der Waals surface area (Å²) >= 11 is 2.46. The number of hydrogen-bond acceptors (Lipinski definition) is 5. The van der Waals surface area contributed by atoms with Crippen molar-refractivity contribution in [3.8, 4) is 0 Å². The van der Waals surface area contributed by atoms with Crippen LogP contribution in [0.4, 0.5) is 11.4 Å². The van der Waals surface area contributed by atoms with Crippen LogP contribution in [0.1, 0.15) is 5.56 Å². The van der Waals surface area contributed by atoms with Gasteiger partial charge in [0.15, 0.2) is 0 Å². The van der Waals surface area contributed by atoms with Gasteiger partial charge in [-0.3, -0.25) is 0 Å². The zero-order valence-electron chi connectivity index (χ0n) is 6.68. The van der Waals surface area contributed by atoms with Crippen LogP contribution >= 0.6 is 11.7 Å². The Balaban J connectivity index is 2.54. The molecule has 0 N–H and O–H groups in total. The first kappa shape index (κ1) is 7.28. The third-order valence-corrected chi connectivity index (χ3v) is 3.10. The normalized spacial score (nSPS) is 13.3. The van der Waals surface area contributed by atoms with Crippen molar-refractivity contribution in [2.75, 3.05) is 0 Å². The van der Waals surface area contributed by atoms with E-state index in [0.717, 1.165) is 28.0 Å². The van der Waals surface area contributed by atoms with E-state index < -0.39 is 0 Å². The monoisotopic (exact) mass is 208 g/mol. The molecule has 2 aromatic rings. The van der Waals surface area contributed by atoms with Gasteiger partial charge in [-0.2, -0.15) is 17.5 Å². The molecule has 0 unspecified atom stereocenters. The van der Waals surface area contributed by atoms with Crippen LogP contribution in [0.25, 0.3) is 11.0 Å². The van der Waals surface area contributed by atoms with Crippen molar-refractivity contribution in [3.05, 3.63) is 11.6 Å². The van der Waals surface area contributed by atoms with E-state index in [0.29, 0.717) is 0 Å². The summed E-state index contributed by atoms with van der Waals surface area (Å²) in [4.78, 5) is 0. The molecule has 3 rings (SSSR count). The Morgan fingerprint density at radius 3 is 3.08 bits per heavy atom. The fourth-order valence-corrected chi connectivity index (χ4v) is 2.50. The standard InChI is InChI=1S/C7H4N4S2/c1-3-6-4(8-12-10-6)2-5-7(3)11-13-9-5/h2H,1H3. The third kappa shape index (κ3) is 0.895. The zero-order valence-corrected chi connectivity index (χ0v) is 8.32. The molecule has 64 valence electrons. The second kappa shape index (κ2) is 2.43. The minimum atomic E-state index is 0.919. The molecule has 0 saturated carbocycles. The van der Waals surface area contributed by atoms with Crippen molar-refractivity contribution in [2.45, 2.75) is 6.92 Å². The highest BCUT2D eigenvalue weighted by molar-refractivity contribution is 7.58. The molecule has 0 atom stereocenters. The van der Waals surface area contributed by atoms with Crippen molar-refractivity contribution in [1.82, 2.24) is 8.75 Å². The molecule has 0 fully saturated rings. The van der Waals surface area contributed by atoms with Gasteiger partial charge in [0, 0.05) is 5.56 Å². The van der Waals surface area contributed by atoms with E-state index in [-0.39, 0.29) is 0 Å². The Morgan fingerprint density at radius 2 is 2.15 bits per heavy atom. The van der Waals surface area contributed by atoms with Gasteiger partial charge in [-0.25, -0.2) is 0 Å². The first-order chi connectivity index (χ1) is 6.36. The number of hydrogen-bond donors (Lipinski definition) is 0. The summed E-state index contributed by atoms with van der Waals surface area (Å²) < 4.78 is 16.8. The van der Waals surface area contributed by atoms with Gasteiger partial charge in [0.2, 0.25) is 0 Å². The molecule has 0 spiro atoms. The van der Waals surface area contributed by atoms with E-state index >= 15 is 0 Å². The third-order valence-electron chi connectivity index (χ3n) is 2.01. The highest BCUT2D eigenvalue weighted by atomic mass is 32.1. The van der Waals surface area contributed by atoms with Gasteiger partial charge in [0.25, 0.3) is 0 Å². The topological polar surface area (TPSA) is 50.5 Å². The summed E-state index contributed by atoms with van der Waals surface area (Å²) in [5.41, 5.74) is 4.82. The first-order valence-corrected chi connectivity index (χ1v) is 5.16. The maximum atomic E-state index is 4.22. The van der Waals surface area contributed by atoms with E-state index in [1.807, 2.05) is 13.0 Å². The maximum Gasteiger partial charge on any atom is 0.110 e. The molecule has 4 nitrogen and oxygen atoms in total. The Labute approximate surface area is 81.8 Å². The summed E-state index contributed by atoms with van der Waals surface area (Å²) in [6.45, 7) is 2.01. The van der Waals surface area contributed by atoms with E-state index in [1.54, 1.807) is 0 Å². The number of aryl methyl sites for hydroxylation is 1. The lowest BCUT2D eigenvalue weighted by molar-refractivity contribution is 1.43. The number of nitrogens with zero attached hydrogens (tertiary/aromatic N) is 4. The number of aromatic nitrogens is 2. The molecular formula is C7H4N4S2. The van der Waals surface area contributed by atoms with Gasteiger partial charge < -0.3 is 0 Å². The smallest absolute Gasteiger partial charge is 0.110 e. The van der Waals surface area contributed by atoms with Gasteiger partial charge in [0.05, 0.1) is 23.1 Å². The second-order valence-corrected chi connectivity index (χ2v) is 3.82. The lowest BCUT2D eigenvalue weighted by atomic mass is 10.1. The predicted molar refractivity (Wildman–Crippen MR) is 53.7 cm³/mol. The van der Waals surface area contributed by atoms with Gasteiger partial charge in [-0.15, -0.1) is 0 Å². The van der Waals surface area contributed by atoms with Crippen molar-refractivity contribution >= 4 is 45.5 Å². The molecule has 0 bridgehead atoms. The average molecular weight is 208 g/mol. The number of rotatable bonds is 0.